The lowest BCUT2D eigenvalue weighted by atomic mass is 10.1. The molecule has 0 spiro atoms. The van der Waals surface area contributed by atoms with E-state index in [0.29, 0.717) is 11.4 Å². The molecule has 2 aromatic carbocycles. The van der Waals surface area contributed by atoms with Crippen LogP contribution in [0.3, 0.4) is 0 Å². The predicted octanol–water partition coefficient (Wildman–Crippen LogP) is 4.81. The number of para-hydroxylation sites is 2. The number of alkyl halides is 3. The maximum atomic E-state index is 13.0. The van der Waals surface area contributed by atoms with Gasteiger partial charge in [0.05, 0.1) is 24.0 Å². The van der Waals surface area contributed by atoms with Gasteiger partial charge in [0.15, 0.2) is 0 Å². The Balaban J connectivity index is 1.97. The van der Waals surface area contributed by atoms with Crippen LogP contribution in [0, 0.1) is 0 Å². The number of nitrogens with one attached hydrogen (secondary N) is 2. The van der Waals surface area contributed by atoms with Crippen molar-refractivity contribution >= 4 is 28.9 Å². The summed E-state index contributed by atoms with van der Waals surface area (Å²) in [7, 11) is 1.52. The van der Waals surface area contributed by atoms with Crippen LogP contribution >= 0.6 is 11.6 Å². The maximum absolute atomic E-state index is 13.0. The van der Waals surface area contributed by atoms with Crippen molar-refractivity contribution in [3.8, 4) is 5.75 Å². The number of anilines is 2. The van der Waals surface area contributed by atoms with Crippen LogP contribution in [0.1, 0.15) is 12.0 Å². The molecule has 0 saturated carbocycles. The van der Waals surface area contributed by atoms with E-state index >= 15 is 0 Å². The molecule has 1 amide bonds. The van der Waals surface area contributed by atoms with Crippen LogP contribution in [0.25, 0.3) is 0 Å². The van der Waals surface area contributed by atoms with Gasteiger partial charge in [-0.1, -0.05) is 23.7 Å². The molecule has 0 saturated heterocycles. The van der Waals surface area contributed by atoms with E-state index in [9.17, 15) is 18.0 Å². The second-order valence-corrected chi connectivity index (χ2v) is 5.55. The topological polar surface area (TPSA) is 50.4 Å². The highest BCUT2D eigenvalue weighted by Crippen LogP contribution is 2.36. The van der Waals surface area contributed by atoms with Crippen LogP contribution < -0.4 is 15.4 Å². The standard InChI is InChI=1S/C17H16ClF3N2O2/c1-25-15-5-3-2-4-14(15)22-9-8-16(24)23-13-7-6-11(18)10-12(13)17(19,20)21/h2-7,10,22H,8-9H2,1H3,(H,23,24). The molecule has 0 heterocycles. The number of hydrogen-bond donors (Lipinski definition) is 2. The molecular weight excluding hydrogens is 357 g/mol. The Kier molecular flexibility index (Phi) is 6.14. The number of benzene rings is 2. The summed E-state index contributed by atoms with van der Waals surface area (Å²) in [5.74, 6) is 0.0650. The van der Waals surface area contributed by atoms with E-state index in [-0.39, 0.29) is 23.7 Å². The lowest BCUT2D eigenvalue weighted by Gasteiger charge is -2.15. The molecule has 0 bridgehead atoms. The first-order valence-corrected chi connectivity index (χ1v) is 7.72. The van der Waals surface area contributed by atoms with Crippen molar-refractivity contribution in [2.45, 2.75) is 12.6 Å². The van der Waals surface area contributed by atoms with Gasteiger partial charge in [0.1, 0.15) is 5.75 Å². The molecule has 0 aromatic heterocycles. The van der Waals surface area contributed by atoms with Crippen molar-refractivity contribution < 1.29 is 22.7 Å². The summed E-state index contributed by atoms with van der Waals surface area (Å²) in [5.41, 5.74) is -0.606. The van der Waals surface area contributed by atoms with Crippen LogP contribution in [0.15, 0.2) is 42.5 Å². The Morgan fingerprint density at radius 3 is 2.56 bits per heavy atom. The molecule has 25 heavy (non-hydrogen) atoms. The largest absolute Gasteiger partial charge is 0.495 e. The van der Waals surface area contributed by atoms with Gasteiger partial charge in [0, 0.05) is 18.0 Å². The van der Waals surface area contributed by atoms with Crippen molar-refractivity contribution in [2.75, 3.05) is 24.3 Å². The van der Waals surface area contributed by atoms with E-state index in [1.165, 1.54) is 13.2 Å². The number of methoxy groups -OCH3 is 1. The van der Waals surface area contributed by atoms with Crippen LogP contribution in [-0.2, 0) is 11.0 Å². The molecule has 0 fully saturated rings. The predicted molar refractivity (Wildman–Crippen MR) is 91.2 cm³/mol. The van der Waals surface area contributed by atoms with E-state index in [0.717, 1.165) is 12.1 Å². The zero-order valence-corrected chi connectivity index (χ0v) is 14.0. The number of carbonyl (C=O) groups is 1. The summed E-state index contributed by atoms with van der Waals surface area (Å²) in [6, 6.07) is 10.3. The zero-order chi connectivity index (χ0) is 18.4. The fourth-order valence-electron chi connectivity index (χ4n) is 2.17. The highest BCUT2D eigenvalue weighted by Gasteiger charge is 2.34. The Morgan fingerprint density at radius 1 is 1.16 bits per heavy atom. The molecule has 0 aliphatic heterocycles. The monoisotopic (exact) mass is 372 g/mol. The number of hydrogen-bond acceptors (Lipinski definition) is 3. The minimum absolute atomic E-state index is 0.0159. The number of halogens is 4. The highest BCUT2D eigenvalue weighted by molar-refractivity contribution is 6.30. The van der Waals surface area contributed by atoms with Crippen molar-refractivity contribution in [2.24, 2.45) is 0 Å². The highest BCUT2D eigenvalue weighted by atomic mass is 35.5. The molecule has 8 heteroatoms. The van der Waals surface area contributed by atoms with Crippen molar-refractivity contribution in [3.63, 3.8) is 0 Å². The third-order valence-corrected chi connectivity index (χ3v) is 3.57. The van der Waals surface area contributed by atoms with E-state index < -0.39 is 17.6 Å². The molecule has 4 nitrogen and oxygen atoms in total. The van der Waals surface area contributed by atoms with Gasteiger partial charge in [-0.05, 0) is 30.3 Å². The fraction of sp³-hybridized carbons (Fsp3) is 0.235. The Hall–Kier alpha value is -2.41. The summed E-state index contributed by atoms with van der Waals surface area (Å²) in [6.45, 7) is 0.237. The second-order valence-electron chi connectivity index (χ2n) is 5.11. The summed E-state index contributed by atoms with van der Waals surface area (Å²) < 4.78 is 44.2. The van der Waals surface area contributed by atoms with Gasteiger partial charge in [-0.2, -0.15) is 13.2 Å². The maximum Gasteiger partial charge on any atom is 0.418 e. The van der Waals surface area contributed by atoms with Crippen molar-refractivity contribution in [1.29, 1.82) is 0 Å². The fourth-order valence-corrected chi connectivity index (χ4v) is 2.35. The summed E-state index contributed by atoms with van der Waals surface area (Å²) in [6.07, 6.45) is -4.62. The van der Waals surface area contributed by atoms with E-state index in [2.05, 4.69) is 10.6 Å². The van der Waals surface area contributed by atoms with E-state index in [4.69, 9.17) is 16.3 Å². The molecule has 2 rings (SSSR count). The number of ether oxygens (including phenoxy) is 1. The van der Waals surface area contributed by atoms with E-state index in [1.807, 2.05) is 0 Å². The molecule has 0 atom stereocenters. The Labute approximate surface area is 147 Å². The number of amides is 1. The zero-order valence-electron chi connectivity index (χ0n) is 13.3. The summed E-state index contributed by atoms with van der Waals surface area (Å²) >= 11 is 5.60. The normalized spacial score (nSPS) is 11.1. The SMILES string of the molecule is COc1ccccc1NCCC(=O)Nc1ccc(Cl)cc1C(F)(F)F. The van der Waals surface area contributed by atoms with Crippen LogP contribution in [0.2, 0.25) is 5.02 Å². The van der Waals surface area contributed by atoms with Gasteiger partial charge in [-0.25, -0.2) is 0 Å². The first-order valence-electron chi connectivity index (χ1n) is 7.34. The van der Waals surface area contributed by atoms with Crippen LogP contribution in [0.4, 0.5) is 24.5 Å². The van der Waals surface area contributed by atoms with Crippen LogP contribution in [-0.4, -0.2) is 19.6 Å². The molecule has 0 unspecified atom stereocenters. The van der Waals surface area contributed by atoms with Gasteiger partial charge in [0.25, 0.3) is 0 Å². The Morgan fingerprint density at radius 2 is 1.88 bits per heavy atom. The second kappa shape index (κ2) is 8.11. The molecule has 2 aromatic rings. The van der Waals surface area contributed by atoms with E-state index in [1.54, 1.807) is 24.3 Å². The summed E-state index contributed by atoms with van der Waals surface area (Å²) in [5, 5.41) is 5.22. The van der Waals surface area contributed by atoms with Gasteiger partial charge in [-0.3, -0.25) is 4.79 Å². The quantitative estimate of drug-likeness (QED) is 0.765. The minimum Gasteiger partial charge on any atom is -0.495 e. The molecule has 0 aliphatic carbocycles. The third-order valence-electron chi connectivity index (χ3n) is 3.34. The van der Waals surface area contributed by atoms with Gasteiger partial charge in [0.2, 0.25) is 5.91 Å². The van der Waals surface area contributed by atoms with Crippen LogP contribution in [0.5, 0.6) is 5.75 Å². The molecular formula is C17H16ClF3N2O2. The molecule has 0 radical (unpaired) electrons. The lowest BCUT2D eigenvalue weighted by molar-refractivity contribution is -0.137. The average molecular weight is 373 g/mol. The molecule has 2 N–H and O–H groups in total. The van der Waals surface area contributed by atoms with Crippen molar-refractivity contribution in [1.82, 2.24) is 0 Å². The first-order chi connectivity index (χ1) is 11.8. The summed E-state index contributed by atoms with van der Waals surface area (Å²) in [4.78, 5) is 11.9. The third kappa shape index (κ3) is 5.29. The molecule has 0 aliphatic rings. The van der Waals surface area contributed by atoms with Gasteiger partial charge >= 0.3 is 6.18 Å². The molecule has 134 valence electrons. The number of carbonyl (C=O) groups excluding carboxylic acids is 1. The first kappa shape index (κ1) is 18.9. The van der Waals surface area contributed by atoms with Gasteiger partial charge < -0.3 is 15.4 Å². The Bertz CT molecular complexity index is 751. The lowest BCUT2D eigenvalue weighted by Crippen LogP contribution is -2.19. The number of rotatable bonds is 6. The van der Waals surface area contributed by atoms with Gasteiger partial charge in [-0.15, -0.1) is 0 Å². The smallest absolute Gasteiger partial charge is 0.418 e. The average Bonchev–Trinajstić information content (AvgIpc) is 2.56. The van der Waals surface area contributed by atoms with Crippen molar-refractivity contribution in [3.05, 3.63) is 53.1 Å². The minimum atomic E-state index is -4.61.